The van der Waals surface area contributed by atoms with Crippen molar-refractivity contribution < 1.29 is 8.42 Å². The van der Waals surface area contributed by atoms with E-state index in [0.717, 1.165) is 16.2 Å². The van der Waals surface area contributed by atoms with Gasteiger partial charge in [0.1, 0.15) is 0 Å². The van der Waals surface area contributed by atoms with E-state index < -0.39 is 14.6 Å². The van der Waals surface area contributed by atoms with Crippen molar-refractivity contribution in [3.8, 4) is 0 Å². The molecule has 0 aliphatic heterocycles. The summed E-state index contributed by atoms with van der Waals surface area (Å²) in [6, 6.07) is 8.10. The molecule has 0 heterocycles. The molecule has 114 valence electrons. The molecule has 20 heavy (non-hydrogen) atoms. The third-order valence-corrected chi connectivity index (χ3v) is 7.74. The minimum atomic E-state index is -3.04. The van der Waals surface area contributed by atoms with Gasteiger partial charge in [-0.1, -0.05) is 50.1 Å². The van der Waals surface area contributed by atoms with Crippen LogP contribution in [0, 0.1) is 5.92 Å². The fourth-order valence-corrected chi connectivity index (χ4v) is 4.09. The average Bonchev–Trinajstić information content (AvgIpc) is 2.35. The topological polar surface area (TPSA) is 34.1 Å². The first-order valence-electron chi connectivity index (χ1n) is 6.69. The van der Waals surface area contributed by atoms with E-state index in [4.69, 9.17) is 0 Å². The molecule has 1 atom stereocenters. The first-order chi connectivity index (χ1) is 9.17. The highest BCUT2D eigenvalue weighted by Gasteiger charge is 2.29. The Morgan fingerprint density at radius 3 is 2.30 bits per heavy atom. The van der Waals surface area contributed by atoms with Gasteiger partial charge in [-0.15, -0.1) is 0 Å². The lowest BCUT2D eigenvalue weighted by molar-refractivity contribution is 0.532. The third kappa shape index (κ3) is 5.15. The van der Waals surface area contributed by atoms with Crippen molar-refractivity contribution in [1.29, 1.82) is 0 Å². The molecule has 0 aromatic heterocycles. The second-order valence-electron chi connectivity index (χ2n) is 6.04. The Balaban J connectivity index is 2.68. The molecule has 0 saturated carbocycles. The highest BCUT2D eigenvalue weighted by molar-refractivity contribution is 9.10. The number of benzene rings is 1. The van der Waals surface area contributed by atoms with Gasteiger partial charge in [-0.3, -0.25) is 0 Å². The van der Waals surface area contributed by atoms with Gasteiger partial charge in [0.15, 0.2) is 9.84 Å². The van der Waals surface area contributed by atoms with Gasteiger partial charge in [-0.05, 0) is 51.2 Å². The van der Waals surface area contributed by atoms with E-state index in [1.807, 2.05) is 18.2 Å². The van der Waals surface area contributed by atoms with Crippen LogP contribution >= 0.6 is 31.9 Å². The molecule has 1 unspecified atom stereocenters. The molecule has 2 nitrogen and oxygen atoms in total. The molecule has 0 amide bonds. The largest absolute Gasteiger partial charge is 0.228 e. The molecule has 0 N–H and O–H groups in total. The summed E-state index contributed by atoms with van der Waals surface area (Å²) in [5.74, 6) is 0.572. The Morgan fingerprint density at radius 2 is 1.80 bits per heavy atom. The lowest BCUT2D eigenvalue weighted by atomic mass is 9.99. The molecule has 0 saturated heterocycles. The average molecular weight is 426 g/mol. The number of alkyl halides is 1. The zero-order chi connectivity index (χ0) is 15.4. The van der Waals surface area contributed by atoms with E-state index in [9.17, 15) is 8.42 Å². The molecular weight excluding hydrogens is 404 g/mol. The van der Waals surface area contributed by atoms with Crippen molar-refractivity contribution in [3.05, 3.63) is 34.3 Å². The SMILES string of the molecule is CC(C)(C)S(=O)(=O)CCC(CBr)Cc1ccccc1Br. The van der Waals surface area contributed by atoms with Gasteiger partial charge in [0.05, 0.1) is 10.5 Å². The second-order valence-corrected chi connectivity index (χ2v) is 10.4. The van der Waals surface area contributed by atoms with Crippen molar-refractivity contribution in [3.63, 3.8) is 0 Å². The van der Waals surface area contributed by atoms with E-state index in [-0.39, 0.29) is 5.75 Å². The Bertz CT molecular complexity index is 533. The number of halogens is 2. The first kappa shape index (κ1) is 18.2. The summed E-state index contributed by atoms with van der Waals surface area (Å²) >= 11 is 7.05. The van der Waals surface area contributed by atoms with Gasteiger partial charge >= 0.3 is 0 Å². The minimum absolute atomic E-state index is 0.247. The standard InChI is InChI=1S/C15H22Br2O2S/c1-15(2,3)20(18,19)9-8-12(11-16)10-13-6-4-5-7-14(13)17/h4-7,12H,8-11H2,1-3H3. The summed E-state index contributed by atoms with van der Waals surface area (Å²) in [6.07, 6.45) is 1.57. The predicted molar refractivity (Wildman–Crippen MR) is 93.3 cm³/mol. The maximum Gasteiger partial charge on any atom is 0.155 e. The Labute approximate surface area is 139 Å². The Kier molecular flexibility index (Phi) is 6.74. The van der Waals surface area contributed by atoms with Crippen LogP contribution in [-0.2, 0) is 16.3 Å². The van der Waals surface area contributed by atoms with Gasteiger partial charge in [0.25, 0.3) is 0 Å². The van der Waals surface area contributed by atoms with Crippen molar-refractivity contribution in [2.24, 2.45) is 5.92 Å². The number of sulfone groups is 1. The number of rotatable bonds is 6. The fourth-order valence-electron chi connectivity index (χ4n) is 1.84. The first-order valence-corrected chi connectivity index (χ1v) is 10.3. The predicted octanol–water partition coefficient (Wildman–Crippen LogP) is 4.61. The molecule has 0 aliphatic carbocycles. The van der Waals surface area contributed by atoms with Crippen molar-refractivity contribution in [1.82, 2.24) is 0 Å². The zero-order valence-electron chi connectivity index (χ0n) is 12.2. The number of hydrogen-bond donors (Lipinski definition) is 0. The van der Waals surface area contributed by atoms with Gasteiger partial charge in [0, 0.05) is 9.80 Å². The quantitative estimate of drug-likeness (QED) is 0.623. The van der Waals surface area contributed by atoms with Crippen LogP contribution in [0.1, 0.15) is 32.8 Å². The smallest absolute Gasteiger partial charge is 0.155 e. The van der Waals surface area contributed by atoms with Crippen molar-refractivity contribution >= 4 is 41.7 Å². The molecule has 0 fully saturated rings. The normalized spacial score (nSPS) is 14.2. The van der Waals surface area contributed by atoms with Crippen LogP contribution in [0.2, 0.25) is 0 Å². The van der Waals surface area contributed by atoms with Crippen LogP contribution in [0.25, 0.3) is 0 Å². The highest BCUT2D eigenvalue weighted by atomic mass is 79.9. The third-order valence-electron chi connectivity index (χ3n) is 3.41. The van der Waals surface area contributed by atoms with Crippen LogP contribution in [0.15, 0.2) is 28.7 Å². The summed E-state index contributed by atoms with van der Waals surface area (Å²) in [6.45, 7) is 5.29. The van der Waals surface area contributed by atoms with Crippen LogP contribution in [0.5, 0.6) is 0 Å². The molecule has 1 rings (SSSR count). The molecule has 5 heteroatoms. The molecule has 1 aromatic rings. The second kappa shape index (κ2) is 7.41. The van der Waals surface area contributed by atoms with Gasteiger partial charge in [0.2, 0.25) is 0 Å². The highest BCUT2D eigenvalue weighted by Crippen LogP contribution is 2.24. The van der Waals surface area contributed by atoms with E-state index in [2.05, 4.69) is 37.9 Å². The minimum Gasteiger partial charge on any atom is -0.228 e. The summed E-state index contributed by atoms with van der Waals surface area (Å²) in [5.41, 5.74) is 1.23. The summed E-state index contributed by atoms with van der Waals surface area (Å²) in [4.78, 5) is 0. The van der Waals surface area contributed by atoms with Gasteiger partial charge < -0.3 is 0 Å². The van der Waals surface area contributed by atoms with Crippen molar-refractivity contribution in [2.45, 2.75) is 38.4 Å². The lowest BCUT2D eigenvalue weighted by Crippen LogP contribution is -2.31. The van der Waals surface area contributed by atoms with Gasteiger partial charge in [-0.25, -0.2) is 8.42 Å². The molecular formula is C15H22Br2O2S. The van der Waals surface area contributed by atoms with Crippen LogP contribution in [0.4, 0.5) is 0 Å². The van der Waals surface area contributed by atoms with Gasteiger partial charge in [-0.2, -0.15) is 0 Å². The molecule has 0 aliphatic rings. The maximum absolute atomic E-state index is 12.2. The Morgan fingerprint density at radius 1 is 1.20 bits per heavy atom. The molecule has 0 radical (unpaired) electrons. The summed E-state index contributed by atoms with van der Waals surface area (Å²) < 4.78 is 24.8. The molecule has 0 spiro atoms. The van der Waals surface area contributed by atoms with E-state index >= 15 is 0 Å². The molecule has 0 bridgehead atoms. The van der Waals surface area contributed by atoms with E-state index in [0.29, 0.717) is 12.3 Å². The van der Waals surface area contributed by atoms with E-state index in [1.54, 1.807) is 20.8 Å². The van der Waals surface area contributed by atoms with Crippen LogP contribution in [-0.4, -0.2) is 24.2 Å². The van der Waals surface area contributed by atoms with Crippen LogP contribution < -0.4 is 0 Å². The van der Waals surface area contributed by atoms with Crippen LogP contribution in [0.3, 0.4) is 0 Å². The molecule has 1 aromatic carbocycles. The maximum atomic E-state index is 12.2. The monoisotopic (exact) mass is 424 g/mol. The summed E-state index contributed by atoms with van der Waals surface area (Å²) in [7, 11) is -3.04. The summed E-state index contributed by atoms with van der Waals surface area (Å²) in [5, 5.41) is 0.813. The van der Waals surface area contributed by atoms with E-state index in [1.165, 1.54) is 5.56 Å². The lowest BCUT2D eigenvalue weighted by Gasteiger charge is -2.21. The zero-order valence-corrected chi connectivity index (χ0v) is 16.2. The fraction of sp³-hybridized carbons (Fsp3) is 0.600. The number of hydrogen-bond acceptors (Lipinski definition) is 2. The Hall–Kier alpha value is 0.130. The van der Waals surface area contributed by atoms with Crippen molar-refractivity contribution in [2.75, 3.05) is 11.1 Å².